The van der Waals surface area contributed by atoms with E-state index in [1.54, 1.807) is 6.07 Å². The van der Waals surface area contributed by atoms with Crippen molar-refractivity contribution in [3.63, 3.8) is 0 Å². The molecule has 6 nitrogen and oxygen atoms in total. The predicted molar refractivity (Wildman–Crippen MR) is 76.9 cm³/mol. The molecular weight excluding hydrogens is 256 g/mol. The van der Waals surface area contributed by atoms with Crippen molar-refractivity contribution in [3.8, 4) is 0 Å². The van der Waals surface area contributed by atoms with Crippen LogP contribution in [0.4, 0.5) is 11.5 Å². The van der Waals surface area contributed by atoms with E-state index in [0.717, 1.165) is 32.5 Å². The zero-order valence-corrected chi connectivity index (χ0v) is 11.5. The van der Waals surface area contributed by atoms with Gasteiger partial charge in [-0.25, -0.2) is 0 Å². The molecule has 2 aliphatic rings. The minimum absolute atomic E-state index is 0.0110. The van der Waals surface area contributed by atoms with Crippen LogP contribution in [0.5, 0.6) is 0 Å². The Labute approximate surface area is 118 Å². The number of aromatic nitrogens is 1. The Bertz CT molecular complexity index is 484. The van der Waals surface area contributed by atoms with Crippen LogP contribution in [0.15, 0.2) is 18.3 Å². The average Bonchev–Trinajstić information content (AvgIpc) is 3.30. The molecule has 20 heavy (non-hydrogen) atoms. The average molecular weight is 276 g/mol. The summed E-state index contributed by atoms with van der Waals surface area (Å²) < 4.78 is 0. The number of nitro groups is 1. The van der Waals surface area contributed by atoms with Crippen molar-refractivity contribution >= 4 is 11.5 Å². The smallest absolute Gasteiger partial charge is 0.361 e. The molecule has 3 rings (SSSR count). The number of anilines is 1. The molecule has 1 unspecified atom stereocenters. The third kappa shape index (κ3) is 2.90. The van der Waals surface area contributed by atoms with Crippen molar-refractivity contribution in [2.24, 2.45) is 5.92 Å². The summed E-state index contributed by atoms with van der Waals surface area (Å²) >= 11 is 0. The monoisotopic (exact) mass is 276 g/mol. The van der Waals surface area contributed by atoms with Gasteiger partial charge >= 0.3 is 5.82 Å². The first-order valence-corrected chi connectivity index (χ1v) is 7.32. The van der Waals surface area contributed by atoms with E-state index in [9.17, 15) is 10.1 Å². The minimum atomic E-state index is -0.371. The molecule has 1 aromatic heterocycles. The molecule has 2 fully saturated rings. The molecule has 2 heterocycles. The molecule has 1 saturated carbocycles. The Morgan fingerprint density at radius 2 is 2.30 bits per heavy atom. The standard InChI is InChI=1S/C14H20N4O2/c19-18(20)14-13(4-2-8-16-14)17(12-5-6-12)10-11-3-1-7-15-9-11/h2,4,8,11-12,15H,1,3,5-7,9-10H2. The van der Waals surface area contributed by atoms with Crippen LogP contribution < -0.4 is 10.2 Å². The lowest BCUT2D eigenvalue weighted by atomic mass is 9.98. The van der Waals surface area contributed by atoms with E-state index >= 15 is 0 Å². The summed E-state index contributed by atoms with van der Waals surface area (Å²) in [5.41, 5.74) is 0.686. The van der Waals surface area contributed by atoms with Crippen molar-refractivity contribution in [1.29, 1.82) is 0 Å². The first kappa shape index (κ1) is 13.3. The lowest BCUT2D eigenvalue weighted by Gasteiger charge is -2.31. The summed E-state index contributed by atoms with van der Waals surface area (Å²) in [5, 5.41) is 14.6. The highest BCUT2D eigenvalue weighted by Gasteiger charge is 2.34. The number of hydrogen-bond acceptors (Lipinski definition) is 5. The first-order chi connectivity index (χ1) is 9.75. The van der Waals surface area contributed by atoms with E-state index in [2.05, 4.69) is 15.2 Å². The van der Waals surface area contributed by atoms with E-state index in [0.29, 0.717) is 17.6 Å². The fraction of sp³-hybridized carbons (Fsp3) is 0.643. The van der Waals surface area contributed by atoms with Crippen LogP contribution in [0.2, 0.25) is 0 Å². The Morgan fingerprint density at radius 1 is 1.45 bits per heavy atom. The molecule has 1 aliphatic heterocycles. The van der Waals surface area contributed by atoms with Gasteiger partial charge in [-0.2, -0.15) is 0 Å². The van der Waals surface area contributed by atoms with Gasteiger partial charge in [-0.1, -0.05) is 0 Å². The maximum absolute atomic E-state index is 11.2. The third-order valence-electron chi connectivity index (χ3n) is 4.09. The molecule has 0 aromatic carbocycles. The predicted octanol–water partition coefficient (Wildman–Crippen LogP) is 1.96. The van der Waals surface area contributed by atoms with Gasteiger partial charge < -0.3 is 20.3 Å². The second kappa shape index (κ2) is 5.75. The normalized spacial score (nSPS) is 22.5. The highest BCUT2D eigenvalue weighted by Crippen LogP contribution is 2.36. The van der Waals surface area contributed by atoms with Gasteiger partial charge in [0.15, 0.2) is 0 Å². The summed E-state index contributed by atoms with van der Waals surface area (Å²) in [6.45, 7) is 2.99. The zero-order valence-electron chi connectivity index (χ0n) is 11.5. The Kier molecular flexibility index (Phi) is 3.82. The summed E-state index contributed by atoms with van der Waals surface area (Å²) in [7, 11) is 0. The molecule has 1 saturated heterocycles. The number of pyridine rings is 1. The van der Waals surface area contributed by atoms with Crippen LogP contribution in [0, 0.1) is 16.0 Å². The van der Waals surface area contributed by atoms with Crippen LogP contribution in [0.25, 0.3) is 0 Å². The van der Waals surface area contributed by atoms with Crippen LogP contribution in [-0.2, 0) is 0 Å². The molecule has 1 aromatic rings. The second-order valence-corrected chi connectivity index (χ2v) is 5.70. The van der Waals surface area contributed by atoms with E-state index < -0.39 is 0 Å². The van der Waals surface area contributed by atoms with Gasteiger partial charge in [-0.15, -0.1) is 0 Å². The number of nitrogens with one attached hydrogen (secondary N) is 1. The highest BCUT2D eigenvalue weighted by atomic mass is 16.6. The van der Waals surface area contributed by atoms with Gasteiger partial charge in [0, 0.05) is 12.6 Å². The number of rotatable bonds is 5. The summed E-state index contributed by atoms with van der Waals surface area (Å²) in [4.78, 5) is 17.0. The van der Waals surface area contributed by atoms with Gasteiger partial charge in [0.1, 0.15) is 11.9 Å². The van der Waals surface area contributed by atoms with Gasteiger partial charge in [0.2, 0.25) is 0 Å². The van der Waals surface area contributed by atoms with Crippen LogP contribution in [0.1, 0.15) is 25.7 Å². The van der Waals surface area contributed by atoms with Crippen molar-refractivity contribution in [3.05, 3.63) is 28.4 Å². The maximum Gasteiger partial charge on any atom is 0.387 e. The van der Waals surface area contributed by atoms with Crippen LogP contribution >= 0.6 is 0 Å². The van der Waals surface area contributed by atoms with Crippen LogP contribution in [0.3, 0.4) is 0 Å². The summed E-state index contributed by atoms with van der Waals surface area (Å²) in [6, 6.07) is 4.08. The van der Waals surface area contributed by atoms with Crippen molar-refractivity contribution < 1.29 is 4.92 Å². The summed E-state index contributed by atoms with van der Waals surface area (Å²) in [6.07, 6.45) is 6.15. The van der Waals surface area contributed by atoms with E-state index in [4.69, 9.17) is 0 Å². The molecule has 1 aliphatic carbocycles. The minimum Gasteiger partial charge on any atom is -0.361 e. The molecule has 0 spiro atoms. The van der Waals surface area contributed by atoms with Gasteiger partial charge in [-0.3, -0.25) is 0 Å². The third-order valence-corrected chi connectivity index (χ3v) is 4.09. The van der Waals surface area contributed by atoms with E-state index in [1.807, 2.05) is 6.07 Å². The topological polar surface area (TPSA) is 71.3 Å². The summed E-state index contributed by atoms with van der Waals surface area (Å²) in [5.74, 6) is 0.562. The van der Waals surface area contributed by atoms with Crippen LogP contribution in [-0.4, -0.2) is 35.6 Å². The van der Waals surface area contributed by atoms with Crippen molar-refractivity contribution in [2.45, 2.75) is 31.7 Å². The molecule has 1 atom stereocenters. The van der Waals surface area contributed by atoms with E-state index in [-0.39, 0.29) is 10.7 Å². The lowest BCUT2D eigenvalue weighted by Crippen LogP contribution is -2.39. The molecule has 1 N–H and O–H groups in total. The fourth-order valence-electron chi connectivity index (χ4n) is 2.94. The number of nitrogens with zero attached hydrogens (tertiary/aromatic N) is 3. The molecule has 0 radical (unpaired) electrons. The fourth-order valence-corrected chi connectivity index (χ4v) is 2.94. The number of hydrogen-bond donors (Lipinski definition) is 1. The molecule has 108 valence electrons. The van der Waals surface area contributed by atoms with Crippen molar-refractivity contribution in [1.82, 2.24) is 10.3 Å². The molecular formula is C14H20N4O2. The largest absolute Gasteiger partial charge is 0.387 e. The highest BCUT2D eigenvalue weighted by molar-refractivity contribution is 5.60. The van der Waals surface area contributed by atoms with Gasteiger partial charge in [0.25, 0.3) is 0 Å². The van der Waals surface area contributed by atoms with Gasteiger partial charge in [-0.05, 0) is 66.7 Å². The van der Waals surface area contributed by atoms with Gasteiger partial charge in [0.05, 0.1) is 0 Å². The number of piperidine rings is 1. The Hall–Kier alpha value is -1.69. The Morgan fingerprint density at radius 3 is 2.95 bits per heavy atom. The molecule has 0 amide bonds. The zero-order chi connectivity index (χ0) is 13.9. The second-order valence-electron chi connectivity index (χ2n) is 5.70. The Balaban J connectivity index is 1.81. The maximum atomic E-state index is 11.2. The lowest BCUT2D eigenvalue weighted by molar-refractivity contribution is -0.388. The first-order valence-electron chi connectivity index (χ1n) is 7.32. The SMILES string of the molecule is O=[N+]([O-])c1ncccc1N(CC1CCCNC1)C1CC1. The quantitative estimate of drug-likeness (QED) is 0.657. The van der Waals surface area contributed by atoms with E-state index in [1.165, 1.54) is 19.0 Å². The molecule has 0 bridgehead atoms. The molecule has 6 heteroatoms. The van der Waals surface area contributed by atoms with Crippen molar-refractivity contribution in [2.75, 3.05) is 24.5 Å².